The van der Waals surface area contributed by atoms with Gasteiger partial charge in [0.15, 0.2) is 0 Å². The lowest BCUT2D eigenvalue weighted by Gasteiger charge is -2.19. The lowest BCUT2D eigenvalue weighted by molar-refractivity contribution is 0.561. The SMILES string of the molecule is CCC1=C2C=CC=C(C=C1)CCCCC2C. The van der Waals surface area contributed by atoms with E-state index in [2.05, 4.69) is 44.2 Å². The summed E-state index contributed by atoms with van der Waals surface area (Å²) in [6, 6.07) is 0. The van der Waals surface area contributed by atoms with Crippen molar-refractivity contribution in [1.29, 1.82) is 0 Å². The molecule has 0 nitrogen and oxygen atoms in total. The molecule has 0 aromatic rings. The maximum atomic E-state index is 2.37. The van der Waals surface area contributed by atoms with Crippen molar-refractivity contribution >= 4 is 0 Å². The molecule has 0 amide bonds. The molecular formula is C16H22. The van der Waals surface area contributed by atoms with Crippen LogP contribution in [-0.2, 0) is 0 Å². The van der Waals surface area contributed by atoms with Crippen LogP contribution >= 0.6 is 0 Å². The average molecular weight is 214 g/mol. The first-order chi connectivity index (χ1) is 7.81. The third-order valence-electron chi connectivity index (χ3n) is 3.72. The average Bonchev–Trinajstić information content (AvgIpc) is 2.27. The number of allylic oxidation sites excluding steroid dienone is 8. The molecule has 16 heavy (non-hydrogen) atoms. The lowest BCUT2D eigenvalue weighted by Crippen LogP contribution is -2.03. The summed E-state index contributed by atoms with van der Waals surface area (Å²) in [4.78, 5) is 0. The van der Waals surface area contributed by atoms with Gasteiger partial charge in [-0.05, 0) is 48.3 Å². The van der Waals surface area contributed by atoms with Gasteiger partial charge in [-0.1, -0.05) is 50.6 Å². The largest absolute Gasteiger partial charge is 0.0617 e. The lowest BCUT2D eigenvalue weighted by atomic mass is 9.86. The Morgan fingerprint density at radius 3 is 2.88 bits per heavy atom. The van der Waals surface area contributed by atoms with Crippen LogP contribution in [0, 0.1) is 5.92 Å². The van der Waals surface area contributed by atoms with Crippen molar-refractivity contribution in [2.24, 2.45) is 5.92 Å². The number of fused-ring (bicyclic) bond motifs is 6. The van der Waals surface area contributed by atoms with E-state index in [4.69, 9.17) is 0 Å². The summed E-state index contributed by atoms with van der Waals surface area (Å²) in [5, 5.41) is 0. The van der Waals surface area contributed by atoms with Gasteiger partial charge in [0, 0.05) is 0 Å². The Bertz CT molecular complexity index is 363. The fourth-order valence-electron chi connectivity index (χ4n) is 2.65. The summed E-state index contributed by atoms with van der Waals surface area (Å²) >= 11 is 0. The molecular weight excluding hydrogens is 192 g/mol. The first-order valence-electron chi connectivity index (χ1n) is 6.59. The van der Waals surface area contributed by atoms with Gasteiger partial charge in [0.1, 0.15) is 0 Å². The van der Waals surface area contributed by atoms with Crippen molar-refractivity contribution in [1.82, 2.24) is 0 Å². The number of rotatable bonds is 1. The highest BCUT2D eigenvalue weighted by Crippen LogP contribution is 2.29. The quantitative estimate of drug-likeness (QED) is 0.579. The third-order valence-corrected chi connectivity index (χ3v) is 3.72. The zero-order valence-corrected chi connectivity index (χ0v) is 10.5. The second-order valence-electron chi connectivity index (χ2n) is 4.91. The molecule has 0 fully saturated rings. The molecule has 0 saturated carbocycles. The zero-order valence-electron chi connectivity index (χ0n) is 10.5. The van der Waals surface area contributed by atoms with E-state index in [0.29, 0.717) is 5.92 Å². The Hall–Kier alpha value is -1.04. The van der Waals surface area contributed by atoms with Crippen molar-refractivity contribution in [2.45, 2.75) is 46.0 Å². The van der Waals surface area contributed by atoms with E-state index in [1.54, 1.807) is 5.57 Å². The molecule has 1 unspecified atom stereocenters. The van der Waals surface area contributed by atoms with Crippen LogP contribution in [0.25, 0.3) is 0 Å². The van der Waals surface area contributed by atoms with E-state index in [1.807, 2.05) is 0 Å². The smallest absolute Gasteiger partial charge is 0.0188 e. The van der Waals surface area contributed by atoms with E-state index in [-0.39, 0.29) is 0 Å². The summed E-state index contributed by atoms with van der Waals surface area (Å²) in [5.41, 5.74) is 4.56. The Morgan fingerprint density at radius 2 is 2.06 bits per heavy atom. The molecule has 0 spiro atoms. The minimum absolute atomic E-state index is 0.712. The van der Waals surface area contributed by atoms with Crippen LogP contribution in [-0.4, -0.2) is 0 Å². The van der Waals surface area contributed by atoms with Crippen molar-refractivity contribution in [3.63, 3.8) is 0 Å². The molecule has 3 aliphatic carbocycles. The van der Waals surface area contributed by atoms with Crippen molar-refractivity contribution in [3.8, 4) is 0 Å². The summed E-state index contributed by atoms with van der Waals surface area (Å²) in [6.45, 7) is 4.63. The van der Waals surface area contributed by atoms with Crippen LogP contribution in [0.5, 0.6) is 0 Å². The molecule has 0 saturated heterocycles. The Balaban J connectivity index is 2.42. The van der Waals surface area contributed by atoms with Crippen molar-refractivity contribution < 1.29 is 0 Å². The zero-order chi connectivity index (χ0) is 11.4. The Labute approximate surface area is 99.4 Å². The van der Waals surface area contributed by atoms with E-state index in [1.165, 1.54) is 36.8 Å². The summed E-state index contributed by atoms with van der Waals surface area (Å²) in [5.74, 6) is 0.712. The van der Waals surface area contributed by atoms with Crippen LogP contribution in [0.15, 0.2) is 47.1 Å². The monoisotopic (exact) mass is 214 g/mol. The van der Waals surface area contributed by atoms with Crippen LogP contribution in [0.1, 0.15) is 46.0 Å². The van der Waals surface area contributed by atoms with Crippen molar-refractivity contribution in [3.05, 3.63) is 47.1 Å². The van der Waals surface area contributed by atoms with E-state index in [0.717, 1.165) is 6.42 Å². The molecule has 0 aliphatic heterocycles. The van der Waals surface area contributed by atoms with Crippen LogP contribution in [0.2, 0.25) is 0 Å². The van der Waals surface area contributed by atoms with E-state index in [9.17, 15) is 0 Å². The normalized spacial score (nSPS) is 25.6. The number of hydrogen-bond acceptors (Lipinski definition) is 0. The fourth-order valence-corrected chi connectivity index (χ4v) is 2.65. The topological polar surface area (TPSA) is 0 Å². The van der Waals surface area contributed by atoms with Gasteiger partial charge >= 0.3 is 0 Å². The highest BCUT2D eigenvalue weighted by atomic mass is 14.2. The molecule has 0 aromatic heterocycles. The van der Waals surface area contributed by atoms with Gasteiger partial charge in [0.2, 0.25) is 0 Å². The van der Waals surface area contributed by atoms with Crippen LogP contribution < -0.4 is 0 Å². The maximum Gasteiger partial charge on any atom is -0.0188 e. The standard InChI is InChI=1S/C16H22/c1-3-15-12-11-14-8-5-4-7-13(2)16(15)10-6-9-14/h6,9-13H,3-5,7-8H2,1-2H3. The maximum absolute atomic E-state index is 2.37. The van der Waals surface area contributed by atoms with Crippen LogP contribution in [0.4, 0.5) is 0 Å². The second-order valence-corrected chi connectivity index (χ2v) is 4.91. The minimum atomic E-state index is 0.712. The first kappa shape index (κ1) is 11.4. The molecule has 3 rings (SSSR count). The Kier molecular flexibility index (Phi) is 3.82. The van der Waals surface area contributed by atoms with Gasteiger partial charge in [-0.15, -0.1) is 0 Å². The molecule has 0 radical (unpaired) electrons. The second kappa shape index (κ2) is 5.34. The molecule has 1 atom stereocenters. The summed E-state index contributed by atoms with van der Waals surface area (Å²) in [7, 11) is 0. The molecule has 86 valence electrons. The molecule has 0 N–H and O–H groups in total. The fraction of sp³-hybridized carbons (Fsp3) is 0.500. The third kappa shape index (κ3) is 2.55. The van der Waals surface area contributed by atoms with Gasteiger partial charge in [0.25, 0.3) is 0 Å². The highest BCUT2D eigenvalue weighted by molar-refractivity contribution is 5.42. The molecule has 0 heteroatoms. The predicted molar refractivity (Wildman–Crippen MR) is 71.3 cm³/mol. The van der Waals surface area contributed by atoms with Gasteiger partial charge in [-0.25, -0.2) is 0 Å². The Morgan fingerprint density at radius 1 is 1.19 bits per heavy atom. The van der Waals surface area contributed by atoms with Crippen LogP contribution in [0.3, 0.4) is 0 Å². The van der Waals surface area contributed by atoms with E-state index < -0.39 is 0 Å². The van der Waals surface area contributed by atoms with Gasteiger partial charge < -0.3 is 0 Å². The number of hydrogen-bond donors (Lipinski definition) is 0. The molecule has 0 heterocycles. The van der Waals surface area contributed by atoms with E-state index >= 15 is 0 Å². The highest BCUT2D eigenvalue weighted by Gasteiger charge is 2.12. The molecule has 3 aliphatic rings. The van der Waals surface area contributed by atoms with Gasteiger partial charge in [0.05, 0.1) is 0 Å². The van der Waals surface area contributed by atoms with Gasteiger partial charge in [-0.2, -0.15) is 0 Å². The summed E-state index contributed by atoms with van der Waals surface area (Å²) < 4.78 is 0. The predicted octanol–water partition coefficient (Wildman–Crippen LogP) is 4.96. The molecule has 2 bridgehead atoms. The first-order valence-corrected chi connectivity index (χ1v) is 6.59. The van der Waals surface area contributed by atoms with Crippen molar-refractivity contribution in [2.75, 3.05) is 0 Å². The summed E-state index contributed by atoms with van der Waals surface area (Å²) in [6.07, 6.45) is 17.9. The molecule has 0 aromatic carbocycles. The van der Waals surface area contributed by atoms with Gasteiger partial charge in [-0.3, -0.25) is 0 Å². The minimum Gasteiger partial charge on any atom is -0.0617 e.